The molecule has 2 rings (SSSR count). The molecule has 0 saturated carbocycles. The zero-order valence-corrected chi connectivity index (χ0v) is 7.04. The molecule has 1 aliphatic rings. The van der Waals surface area contributed by atoms with Gasteiger partial charge in [-0.3, -0.25) is 0 Å². The fourth-order valence-corrected chi connectivity index (χ4v) is 1.86. The lowest BCUT2D eigenvalue weighted by Crippen LogP contribution is -2.13. The van der Waals surface area contributed by atoms with Crippen molar-refractivity contribution in [2.75, 3.05) is 18.5 Å². The van der Waals surface area contributed by atoms with Crippen molar-refractivity contribution in [2.24, 2.45) is 0 Å². The van der Waals surface area contributed by atoms with E-state index < -0.39 is 0 Å². The number of nitrogens with zero attached hydrogens (tertiary/aromatic N) is 1. The first-order valence-corrected chi connectivity index (χ1v) is 4.09. The Hall–Kier alpha value is -0.980. The molecular weight excluding hydrogens is 134 g/mol. The average Bonchev–Trinajstić information content (AvgIpc) is 2.30. The van der Waals surface area contributed by atoms with Crippen molar-refractivity contribution < 1.29 is 0 Å². The van der Waals surface area contributed by atoms with E-state index in [0.29, 0.717) is 5.92 Å². The molecule has 1 nitrogen and oxygen atoms in total. The van der Waals surface area contributed by atoms with E-state index in [0.717, 1.165) is 0 Å². The molecule has 0 amide bonds. The van der Waals surface area contributed by atoms with Gasteiger partial charge in [0.1, 0.15) is 0 Å². The second kappa shape index (κ2) is 2.26. The fraction of sp³-hybridized carbons (Fsp3) is 0.400. The van der Waals surface area contributed by atoms with Crippen LogP contribution in [0.5, 0.6) is 0 Å². The molecule has 11 heavy (non-hydrogen) atoms. The van der Waals surface area contributed by atoms with E-state index in [9.17, 15) is 0 Å². The Bertz CT molecular complexity index is 240. The second-order valence-corrected chi connectivity index (χ2v) is 3.34. The molecule has 0 aromatic heterocycles. The van der Waals surface area contributed by atoms with Crippen LogP contribution in [0.2, 0.25) is 0 Å². The highest BCUT2D eigenvalue weighted by atomic mass is 15.1. The van der Waals surface area contributed by atoms with E-state index >= 15 is 0 Å². The minimum atomic E-state index is 0.705. The van der Waals surface area contributed by atoms with Crippen LogP contribution in [0, 0.1) is 0 Å². The van der Waals surface area contributed by atoms with Gasteiger partial charge in [0.25, 0.3) is 0 Å². The quantitative estimate of drug-likeness (QED) is 0.544. The van der Waals surface area contributed by atoms with E-state index in [1.807, 2.05) is 0 Å². The Kier molecular flexibility index (Phi) is 1.38. The summed E-state index contributed by atoms with van der Waals surface area (Å²) < 4.78 is 0. The maximum atomic E-state index is 2.32. The fourth-order valence-electron chi connectivity index (χ4n) is 1.86. The molecule has 1 unspecified atom stereocenters. The van der Waals surface area contributed by atoms with Crippen molar-refractivity contribution >= 4 is 5.69 Å². The third-order valence-corrected chi connectivity index (χ3v) is 2.43. The van der Waals surface area contributed by atoms with Gasteiger partial charge in [-0.1, -0.05) is 25.1 Å². The zero-order valence-electron chi connectivity index (χ0n) is 7.04. The van der Waals surface area contributed by atoms with E-state index in [-0.39, 0.29) is 0 Å². The maximum absolute atomic E-state index is 2.32. The van der Waals surface area contributed by atoms with Gasteiger partial charge < -0.3 is 4.90 Å². The van der Waals surface area contributed by atoms with Gasteiger partial charge in [0.15, 0.2) is 0 Å². The lowest BCUT2D eigenvalue weighted by Gasteiger charge is -2.10. The van der Waals surface area contributed by atoms with Gasteiger partial charge in [-0.2, -0.15) is 0 Å². The zero-order chi connectivity index (χ0) is 7.84. The Morgan fingerprint density at radius 3 is 2.82 bits per heavy atom. The summed E-state index contributed by atoms with van der Waals surface area (Å²) in [7, 11) is 2.16. The van der Waals surface area contributed by atoms with Crippen molar-refractivity contribution in [3.05, 3.63) is 29.8 Å². The summed E-state index contributed by atoms with van der Waals surface area (Å²) in [4.78, 5) is 2.32. The third kappa shape index (κ3) is 0.917. The van der Waals surface area contributed by atoms with Crippen molar-refractivity contribution in [2.45, 2.75) is 12.8 Å². The first-order chi connectivity index (χ1) is 5.29. The number of hydrogen-bond donors (Lipinski definition) is 0. The van der Waals surface area contributed by atoms with Gasteiger partial charge in [-0.15, -0.1) is 0 Å². The number of hydrogen-bond acceptors (Lipinski definition) is 1. The summed E-state index contributed by atoms with van der Waals surface area (Å²) in [5.74, 6) is 0.705. The number of rotatable bonds is 0. The Morgan fingerprint density at radius 1 is 1.36 bits per heavy atom. The van der Waals surface area contributed by atoms with Gasteiger partial charge in [0.2, 0.25) is 0 Å². The van der Waals surface area contributed by atoms with Crippen LogP contribution >= 0.6 is 0 Å². The van der Waals surface area contributed by atoms with Crippen LogP contribution in [0.15, 0.2) is 24.3 Å². The first kappa shape index (κ1) is 6.71. The van der Waals surface area contributed by atoms with Gasteiger partial charge in [-0.25, -0.2) is 0 Å². The minimum absolute atomic E-state index is 0.705. The van der Waals surface area contributed by atoms with Gasteiger partial charge >= 0.3 is 0 Å². The molecule has 0 radical (unpaired) electrons. The summed E-state index contributed by atoms with van der Waals surface area (Å²) in [5, 5.41) is 0. The molecule has 58 valence electrons. The van der Waals surface area contributed by atoms with Gasteiger partial charge in [-0.05, 0) is 11.6 Å². The predicted molar refractivity (Wildman–Crippen MR) is 48.1 cm³/mol. The molecule has 0 fully saturated rings. The minimum Gasteiger partial charge on any atom is -0.374 e. The number of likely N-dealkylation sites (N-methyl/N-ethyl adjacent to an activating group) is 1. The summed E-state index contributed by atoms with van der Waals surface area (Å²) >= 11 is 0. The Labute approximate surface area is 67.6 Å². The standard InChI is InChI=1S/C10H13N/c1-8-7-11(2)10-6-4-3-5-9(8)10/h3-6,8H,7H2,1-2H3. The number of anilines is 1. The summed E-state index contributed by atoms with van der Waals surface area (Å²) in [6.45, 7) is 3.45. The van der Waals surface area contributed by atoms with Crippen LogP contribution in [0.1, 0.15) is 18.4 Å². The molecule has 0 saturated heterocycles. The monoisotopic (exact) mass is 147 g/mol. The van der Waals surface area contributed by atoms with Gasteiger partial charge in [0.05, 0.1) is 0 Å². The number of para-hydroxylation sites is 1. The molecule has 0 aliphatic carbocycles. The first-order valence-electron chi connectivity index (χ1n) is 4.09. The smallest absolute Gasteiger partial charge is 0.0399 e. The van der Waals surface area contributed by atoms with Crippen LogP contribution in [-0.2, 0) is 0 Å². The third-order valence-electron chi connectivity index (χ3n) is 2.43. The topological polar surface area (TPSA) is 3.24 Å². The van der Waals surface area contributed by atoms with Crippen LogP contribution in [-0.4, -0.2) is 13.6 Å². The molecule has 1 aromatic carbocycles. The number of fused-ring (bicyclic) bond motifs is 1. The van der Waals surface area contributed by atoms with E-state index in [1.165, 1.54) is 17.8 Å². The van der Waals surface area contributed by atoms with Crippen molar-refractivity contribution in [1.82, 2.24) is 0 Å². The van der Waals surface area contributed by atoms with Crippen LogP contribution in [0.3, 0.4) is 0 Å². The van der Waals surface area contributed by atoms with Crippen LogP contribution in [0.4, 0.5) is 5.69 Å². The van der Waals surface area contributed by atoms with Crippen molar-refractivity contribution in [1.29, 1.82) is 0 Å². The molecule has 0 bridgehead atoms. The van der Waals surface area contributed by atoms with Gasteiger partial charge in [0, 0.05) is 25.2 Å². The Balaban J connectivity index is 2.52. The van der Waals surface area contributed by atoms with Crippen LogP contribution in [0.25, 0.3) is 0 Å². The van der Waals surface area contributed by atoms with E-state index in [1.54, 1.807) is 0 Å². The SMILES string of the molecule is CC1CN(C)c2ccccc21. The lowest BCUT2D eigenvalue weighted by atomic mass is 10.0. The molecule has 0 N–H and O–H groups in total. The maximum Gasteiger partial charge on any atom is 0.0399 e. The second-order valence-electron chi connectivity index (χ2n) is 3.34. The highest BCUT2D eigenvalue weighted by Crippen LogP contribution is 2.33. The Morgan fingerprint density at radius 2 is 2.09 bits per heavy atom. The van der Waals surface area contributed by atoms with E-state index in [2.05, 4.69) is 43.1 Å². The summed E-state index contributed by atoms with van der Waals surface area (Å²) in [6.07, 6.45) is 0. The average molecular weight is 147 g/mol. The molecule has 1 atom stereocenters. The van der Waals surface area contributed by atoms with Crippen molar-refractivity contribution in [3.63, 3.8) is 0 Å². The highest BCUT2D eigenvalue weighted by molar-refractivity contribution is 5.59. The molecule has 1 aliphatic heterocycles. The molecule has 1 heterocycles. The lowest BCUT2D eigenvalue weighted by molar-refractivity contribution is 0.796. The van der Waals surface area contributed by atoms with E-state index in [4.69, 9.17) is 0 Å². The molecule has 0 spiro atoms. The van der Waals surface area contributed by atoms with Crippen LogP contribution < -0.4 is 4.90 Å². The summed E-state index contributed by atoms with van der Waals surface area (Å²) in [5.41, 5.74) is 2.90. The highest BCUT2D eigenvalue weighted by Gasteiger charge is 2.21. The summed E-state index contributed by atoms with van der Waals surface area (Å²) in [6, 6.07) is 8.64. The van der Waals surface area contributed by atoms with Crippen molar-refractivity contribution in [3.8, 4) is 0 Å². The predicted octanol–water partition coefficient (Wildman–Crippen LogP) is 2.24. The number of benzene rings is 1. The molecule has 1 aromatic rings. The molecular formula is C10H13N. The normalized spacial score (nSPS) is 22.0. The molecule has 1 heteroatoms. The largest absolute Gasteiger partial charge is 0.374 e.